The molecule has 4 rings (SSSR count). The van der Waals surface area contributed by atoms with Gasteiger partial charge in [-0.3, -0.25) is 9.69 Å². The van der Waals surface area contributed by atoms with Gasteiger partial charge in [-0.15, -0.1) is 0 Å². The van der Waals surface area contributed by atoms with Crippen molar-refractivity contribution in [2.45, 2.75) is 38.8 Å². The quantitative estimate of drug-likeness (QED) is 0.623. The molecule has 1 amide bonds. The van der Waals surface area contributed by atoms with E-state index < -0.39 is 0 Å². The van der Waals surface area contributed by atoms with Crippen LogP contribution in [0, 0.1) is 18.6 Å². The van der Waals surface area contributed by atoms with Gasteiger partial charge in [-0.1, -0.05) is 24.3 Å². The van der Waals surface area contributed by atoms with Crippen molar-refractivity contribution < 1.29 is 13.6 Å². The summed E-state index contributed by atoms with van der Waals surface area (Å²) in [5, 5.41) is 2.83. The smallest absolute Gasteiger partial charge is 0.254 e. The predicted octanol–water partition coefficient (Wildman–Crippen LogP) is 4.37. The van der Waals surface area contributed by atoms with Gasteiger partial charge < -0.3 is 5.32 Å². The van der Waals surface area contributed by atoms with Crippen LogP contribution in [-0.4, -0.2) is 33.9 Å². The van der Waals surface area contributed by atoms with Crippen LogP contribution in [-0.2, 0) is 13.1 Å². The molecular weight excluding hydrogens is 410 g/mol. The molecule has 2 aromatic carbocycles. The van der Waals surface area contributed by atoms with Crippen molar-refractivity contribution in [2.24, 2.45) is 0 Å². The number of halogens is 2. The molecule has 0 saturated carbocycles. The van der Waals surface area contributed by atoms with Crippen molar-refractivity contribution in [3.63, 3.8) is 0 Å². The van der Waals surface area contributed by atoms with Crippen molar-refractivity contribution >= 4 is 5.91 Å². The maximum Gasteiger partial charge on any atom is 0.254 e. The van der Waals surface area contributed by atoms with Crippen LogP contribution in [0.5, 0.6) is 0 Å². The van der Waals surface area contributed by atoms with E-state index in [9.17, 15) is 13.6 Å². The number of carbonyl (C=O) groups excluding carboxylic acids is 1. The molecule has 1 saturated heterocycles. The minimum absolute atomic E-state index is 0.173. The molecule has 5 nitrogen and oxygen atoms in total. The van der Waals surface area contributed by atoms with Crippen LogP contribution in [0.15, 0.2) is 54.7 Å². The highest BCUT2D eigenvalue weighted by atomic mass is 19.1. The average molecular weight is 437 g/mol. The summed E-state index contributed by atoms with van der Waals surface area (Å²) in [5.74, 6) is 0.129. The highest BCUT2D eigenvalue weighted by Crippen LogP contribution is 2.26. The first-order chi connectivity index (χ1) is 15.5. The molecule has 3 aromatic rings. The Labute approximate surface area is 186 Å². The number of aromatic nitrogens is 2. The van der Waals surface area contributed by atoms with E-state index in [0.717, 1.165) is 42.9 Å². The average Bonchev–Trinajstić information content (AvgIpc) is 2.78. The monoisotopic (exact) mass is 436 g/mol. The number of likely N-dealkylation sites (tertiary alicyclic amines) is 1. The third kappa shape index (κ3) is 5.53. The van der Waals surface area contributed by atoms with Crippen LogP contribution in [0.1, 0.15) is 51.8 Å². The number of amides is 1. The van der Waals surface area contributed by atoms with E-state index in [1.807, 2.05) is 13.0 Å². The number of aryl methyl sites for hydroxylation is 1. The van der Waals surface area contributed by atoms with Gasteiger partial charge in [0.15, 0.2) is 0 Å². The van der Waals surface area contributed by atoms with E-state index >= 15 is 0 Å². The molecule has 0 aliphatic carbocycles. The molecule has 1 aliphatic rings. The summed E-state index contributed by atoms with van der Waals surface area (Å²) < 4.78 is 26.5. The van der Waals surface area contributed by atoms with Gasteiger partial charge >= 0.3 is 0 Å². The Morgan fingerprint density at radius 1 is 1.12 bits per heavy atom. The van der Waals surface area contributed by atoms with Crippen LogP contribution in [0.25, 0.3) is 0 Å². The van der Waals surface area contributed by atoms with E-state index in [2.05, 4.69) is 20.2 Å². The Bertz CT molecular complexity index is 1090. The summed E-state index contributed by atoms with van der Waals surface area (Å²) in [6.45, 7) is 4.56. The number of benzene rings is 2. The van der Waals surface area contributed by atoms with E-state index in [4.69, 9.17) is 0 Å². The second-order valence-electron chi connectivity index (χ2n) is 8.24. The highest BCUT2D eigenvalue weighted by molar-refractivity contribution is 5.94. The number of piperidine rings is 1. The summed E-state index contributed by atoms with van der Waals surface area (Å²) in [6.07, 6.45) is 3.58. The predicted molar refractivity (Wildman–Crippen MR) is 118 cm³/mol. The summed E-state index contributed by atoms with van der Waals surface area (Å²) in [4.78, 5) is 24.0. The summed E-state index contributed by atoms with van der Waals surface area (Å²) >= 11 is 0. The lowest BCUT2D eigenvalue weighted by Gasteiger charge is -2.32. The lowest BCUT2D eigenvalue weighted by atomic mass is 9.96. The molecule has 32 heavy (non-hydrogen) atoms. The van der Waals surface area contributed by atoms with Crippen LogP contribution in [0.3, 0.4) is 0 Å². The molecule has 0 bridgehead atoms. The fourth-order valence-corrected chi connectivity index (χ4v) is 4.09. The maximum absolute atomic E-state index is 13.5. The van der Waals surface area contributed by atoms with Crippen LogP contribution >= 0.6 is 0 Å². The molecule has 1 atom stereocenters. The number of nitrogens with one attached hydrogen (secondary N) is 1. The lowest BCUT2D eigenvalue weighted by molar-refractivity contribution is 0.0949. The number of carbonyl (C=O) groups is 1. The Hall–Kier alpha value is -3.19. The van der Waals surface area contributed by atoms with Crippen molar-refractivity contribution in [2.75, 3.05) is 13.1 Å². The van der Waals surface area contributed by atoms with Crippen LogP contribution in [0.4, 0.5) is 8.78 Å². The van der Waals surface area contributed by atoms with E-state index in [1.165, 1.54) is 18.2 Å². The van der Waals surface area contributed by atoms with Gasteiger partial charge in [0.1, 0.15) is 17.5 Å². The molecule has 1 unspecified atom stereocenters. The fourth-order valence-electron chi connectivity index (χ4n) is 4.09. The first-order valence-electron chi connectivity index (χ1n) is 10.8. The van der Waals surface area contributed by atoms with Gasteiger partial charge in [0.05, 0.1) is 11.3 Å². The SMILES string of the molecule is Cc1nc(C2CCCN(Cc3cccc(F)c3)C2)ncc1C(=O)NCc1ccc(F)cc1. The number of rotatable bonds is 6. The fraction of sp³-hybridized carbons (Fsp3) is 0.320. The molecule has 1 aliphatic heterocycles. The van der Waals surface area contributed by atoms with E-state index in [-0.39, 0.29) is 23.5 Å². The highest BCUT2D eigenvalue weighted by Gasteiger charge is 2.24. The summed E-state index contributed by atoms with van der Waals surface area (Å²) in [5.41, 5.74) is 2.84. The number of nitrogens with zero attached hydrogens (tertiary/aromatic N) is 3. The molecular formula is C25H26F2N4O. The summed E-state index contributed by atoms with van der Waals surface area (Å²) in [7, 11) is 0. The normalized spacial score (nSPS) is 16.7. The first kappa shape index (κ1) is 22.0. The van der Waals surface area contributed by atoms with Crippen molar-refractivity contribution in [3.05, 3.63) is 94.6 Å². The molecule has 7 heteroatoms. The minimum Gasteiger partial charge on any atom is -0.348 e. The third-order valence-electron chi connectivity index (χ3n) is 5.77. The second kappa shape index (κ2) is 9.96. The van der Waals surface area contributed by atoms with E-state index in [0.29, 0.717) is 24.3 Å². The van der Waals surface area contributed by atoms with Gasteiger partial charge in [-0.05, 0) is 61.7 Å². The van der Waals surface area contributed by atoms with Crippen molar-refractivity contribution in [1.29, 1.82) is 0 Å². The van der Waals surface area contributed by atoms with Gasteiger partial charge in [-0.25, -0.2) is 18.7 Å². The standard InChI is InChI=1S/C25H26F2N4O/c1-17-23(25(32)29-13-18-7-9-21(26)10-8-18)14-28-24(30-17)20-5-3-11-31(16-20)15-19-4-2-6-22(27)12-19/h2,4,6-10,12,14,20H,3,5,11,13,15-16H2,1H3,(H,29,32). The van der Waals surface area contributed by atoms with Crippen LogP contribution < -0.4 is 5.32 Å². The van der Waals surface area contributed by atoms with Crippen molar-refractivity contribution in [1.82, 2.24) is 20.2 Å². The number of hydrogen-bond acceptors (Lipinski definition) is 4. The van der Waals surface area contributed by atoms with Crippen LogP contribution in [0.2, 0.25) is 0 Å². The molecule has 1 N–H and O–H groups in total. The topological polar surface area (TPSA) is 58.1 Å². The first-order valence-corrected chi connectivity index (χ1v) is 10.8. The Morgan fingerprint density at radius 3 is 2.69 bits per heavy atom. The molecule has 0 radical (unpaired) electrons. The number of hydrogen-bond donors (Lipinski definition) is 1. The Balaban J connectivity index is 1.38. The molecule has 1 aromatic heterocycles. The largest absolute Gasteiger partial charge is 0.348 e. The zero-order valence-corrected chi connectivity index (χ0v) is 18.0. The van der Waals surface area contributed by atoms with Gasteiger partial charge in [0, 0.05) is 31.7 Å². The zero-order valence-electron chi connectivity index (χ0n) is 18.0. The molecule has 1 fully saturated rings. The second-order valence-corrected chi connectivity index (χ2v) is 8.24. The lowest BCUT2D eigenvalue weighted by Crippen LogP contribution is -2.34. The molecule has 166 valence electrons. The minimum atomic E-state index is -0.308. The van der Waals surface area contributed by atoms with Gasteiger partial charge in [-0.2, -0.15) is 0 Å². The van der Waals surface area contributed by atoms with E-state index in [1.54, 1.807) is 30.5 Å². The third-order valence-corrected chi connectivity index (χ3v) is 5.77. The Kier molecular flexibility index (Phi) is 6.85. The maximum atomic E-state index is 13.5. The van der Waals surface area contributed by atoms with Gasteiger partial charge in [0.25, 0.3) is 5.91 Å². The Morgan fingerprint density at radius 2 is 1.94 bits per heavy atom. The summed E-state index contributed by atoms with van der Waals surface area (Å²) in [6, 6.07) is 12.7. The zero-order chi connectivity index (χ0) is 22.5. The molecule has 0 spiro atoms. The molecule has 2 heterocycles. The van der Waals surface area contributed by atoms with Crippen molar-refractivity contribution in [3.8, 4) is 0 Å². The van der Waals surface area contributed by atoms with Gasteiger partial charge in [0.2, 0.25) is 0 Å².